The first-order valence-corrected chi connectivity index (χ1v) is 16.1. The number of nitrogens with one attached hydrogen (secondary N) is 2. The average molecular weight is 635 g/mol. The molecule has 238 valence electrons. The Morgan fingerprint density at radius 3 is 2.78 bits per heavy atom. The molecule has 3 aliphatic heterocycles. The van der Waals surface area contributed by atoms with E-state index in [1.807, 2.05) is 36.0 Å². The van der Waals surface area contributed by atoms with Crippen LogP contribution in [0.4, 0.5) is 9.59 Å². The summed E-state index contributed by atoms with van der Waals surface area (Å²) in [5.74, 6) is 0.452. The molecule has 2 aromatic rings. The lowest BCUT2D eigenvalue weighted by Crippen LogP contribution is -2.54. The second kappa shape index (κ2) is 12.9. The Balaban J connectivity index is 1.21. The normalized spacial score (nSPS) is 25.2. The van der Waals surface area contributed by atoms with Crippen molar-refractivity contribution in [2.75, 3.05) is 46.0 Å². The monoisotopic (exact) mass is 634 g/mol. The molecule has 0 radical (unpaired) electrons. The third kappa shape index (κ3) is 6.47. The molecular formula is C33H39ClN6O5. The number of hydrogen-bond acceptors (Lipinski definition) is 8. The van der Waals surface area contributed by atoms with Gasteiger partial charge in [-0.1, -0.05) is 29.8 Å². The fourth-order valence-corrected chi connectivity index (χ4v) is 6.82. The molecule has 2 saturated heterocycles. The smallest absolute Gasteiger partial charge is 0.410 e. The molecule has 0 bridgehead atoms. The highest BCUT2D eigenvalue weighted by molar-refractivity contribution is 6.30. The molecule has 4 heterocycles. The Kier molecular flexibility index (Phi) is 8.57. The number of amides is 2. The van der Waals surface area contributed by atoms with E-state index in [1.54, 1.807) is 17.4 Å². The molecule has 1 aromatic carbocycles. The number of benzene rings is 1. The van der Waals surface area contributed by atoms with E-state index < -0.39 is 12.1 Å². The van der Waals surface area contributed by atoms with E-state index in [0.717, 1.165) is 47.2 Å². The van der Waals surface area contributed by atoms with E-state index in [-0.39, 0.29) is 24.3 Å². The number of carbonyl (C=O) groups excluding carboxylic acids is 2. The number of imidazole rings is 1. The largest absolute Gasteiger partial charge is 0.449 e. The minimum atomic E-state index is -0.543. The molecule has 1 saturated carbocycles. The maximum Gasteiger partial charge on any atom is 0.410 e. The van der Waals surface area contributed by atoms with Gasteiger partial charge in [-0.25, -0.2) is 14.6 Å². The molecule has 2 N–H and O–H groups in total. The summed E-state index contributed by atoms with van der Waals surface area (Å²) < 4.78 is 18.6. The molecule has 12 heteroatoms. The van der Waals surface area contributed by atoms with Gasteiger partial charge >= 0.3 is 12.2 Å². The predicted octanol–water partition coefficient (Wildman–Crippen LogP) is 4.34. The van der Waals surface area contributed by atoms with Crippen molar-refractivity contribution in [3.05, 3.63) is 82.6 Å². The number of hydrogen-bond donors (Lipinski definition) is 2. The summed E-state index contributed by atoms with van der Waals surface area (Å²) in [5.41, 5.74) is 4.83. The second-order valence-corrected chi connectivity index (χ2v) is 12.8. The molecule has 4 atom stereocenters. The van der Waals surface area contributed by atoms with Crippen LogP contribution in [0.5, 0.6) is 0 Å². The third-order valence-electron chi connectivity index (χ3n) is 9.29. The van der Waals surface area contributed by atoms with Gasteiger partial charge in [-0.05, 0) is 65.4 Å². The number of aromatic nitrogens is 2. The molecule has 1 unspecified atom stereocenters. The first kappa shape index (κ1) is 29.9. The number of halogens is 1. The Hall–Kier alpha value is -3.80. The maximum atomic E-state index is 13.2. The van der Waals surface area contributed by atoms with Crippen LogP contribution in [0.15, 0.2) is 60.7 Å². The minimum Gasteiger partial charge on any atom is -0.449 e. The number of carbonyl (C=O) groups is 2. The highest BCUT2D eigenvalue weighted by atomic mass is 35.5. The Morgan fingerprint density at radius 1 is 1.20 bits per heavy atom. The van der Waals surface area contributed by atoms with Crippen LogP contribution in [-0.2, 0) is 21.3 Å². The van der Waals surface area contributed by atoms with Gasteiger partial charge in [0.1, 0.15) is 6.10 Å². The molecule has 2 amide bonds. The van der Waals surface area contributed by atoms with Crippen molar-refractivity contribution in [2.45, 2.75) is 43.5 Å². The molecule has 3 fully saturated rings. The first-order chi connectivity index (χ1) is 21.9. The van der Waals surface area contributed by atoms with Gasteiger partial charge in [0, 0.05) is 44.7 Å². The van der Waals surface area contributed by atoms with Crippen molar-refractivity contribution in [3.63, 3.8) is 0 Å². The van der Waals surface area contributed by atoms with Gasteiger partial charge < -0.3 is 34.3 Å². The summed E-state index contributed by atoms with van der Waals surface area (Å²) in [4.78, 5) is 34.7. The van der Waals surface area contributed by atoms with Crippen molar-refractivity contribution in [1.82, 2.24) is 30.0 Å². The minimum absolute atomic E-state index is 0.0716. The maximum absolute atomic E-state index is 13.2. The number of piperazine rings is 1. The second-order valence-electron chi connectivity index (χ2n) is 12.4. The number of aryl methyl sites for hydroxylation is 1. The lowest BCUT2D eigenvalue weighted by Gasteiger charge is -2.43. The fraction of sp³-hybridized carbons (Fsp3) is 0.485. The Labute approximate surface area is 267 Å². The van der Waals surface area contributed by atoms with Crippen molar-refractivity contribution >= 4 is 29.4 Å². The van der Waals surface area contributed by atoms with Crippen molar-refractivity contribution in [3.8, 4) is 0 Å². The summed E-state index contributed by atoms with van der Waals surface area (Å²) >= 11 is 6.68. The van der Waals surface area contributed by atoms with E-state index in [9.17, 15) is 9.59 Å². The zero-order valence-corrected chi connectivity index (χ0v) is 26.1. The van der Waals surface area contributed by atoms with Crippen LogP contribution >= 0.6 is 11.6 Å². The average Bonchev–Trinajstić information content (AvgIpc) is 3.61. The van der Waals surface area contributed by atoms with Crippen LogP contribution in [0.1, 0.15) is 48.2 Å². The van der Waals surface area contributed by atoms with Gasteiger partial charge in [-0.2, -0.15) is 0 Å². The zero-order chi connectivity index (χ0) is 30.9. The lowest BCUT2D eigenvalue weighted by atomic mass is 9.88. The topological polar surface area (TPSA) is 110 Å². The van der Waals surface area contributed by atoms with Crippen LogP contribution in [0.2, 0.25) is 5.02 Å². The molecule has 7 rings (SSSR count). The third-order valence-corrected chi connectivity index (χ3v) is 9.53. The summed E-state index contributed by atoms with van der Waals surface area (Å²) in [6.45, 7) is 3.97. The standard InChI is InChI=1S/C33H39ClN6O5/c1-38-20-35-17-28(38)30(37-32(41)44-18-21-4-5-21)27-15-22-3-2-9-36-29(22)31(25-7-6-23(34)16-26(25)27)39-10-12-40(13-11-39)33(42)45-24-8-14-43-19-24/h2-3,6-7,9,15-17,20-21,24,29-31,36H,4-5,8,10-14,18-19H2,1H3,(H,37,41)/t24-,29?,30-,31+/m1/s1. The van der Waals surface area contributed by atoms with Crippen LogP contribution in [-0.4, -0.2) is 89.7 Å². The van der Waals surface area contributed by atoms with E-state index in [4.69, 9.17) is 25.8 Å². The predicted molar refractivity (Wildman–Crippen MR) is 168 cm³/mol. The van der Waals surface area contributed by atoms with Crippen molar-refractivity contribution in [2.24, 2.45) is 13.0 Å². The zero-order valence-electron chi connectivity index (χ0n) is 25.4. The highest BCUT2D eigenvalue weighted by Gasteiger charge is 2.40. The van der Waals surface area contributed by atoms with Crippen LogP contribution in [0.25, 0.3) is 5.57 Å². The van der Waals surface area contributed by atoms with E-state index in [2.05, 4.69) is 38.7 Å². The van der Waals surface area contributed by atoms with E-state index in [0.29, 0.717) is 56.9 Å². The van der Waals surface area contributed by atoms with E-state index in [1.165, 1.54) is 0 Å². The number of nitrogens with zero attached hydrogens (tertiary/aromatic N) is 4. The SMILES string of the molecule is Cn1cncc1[C@H](NC(=O)OCC1CC1)C1=CC2=CC=CNC2[C@@H](N2CCN(C(=O)O[C@@H]3CCOC3)CC2)c2ccc(Cl)cc21. The highest BCUT2D eigenvalue weighted by Crippen LogP contribution is 2.44. The lowest BCUT2D eigenvalue weighted by molar-refractivity contribution is 0.0322. The van der Waals surface area contributed by atoms with Gasteiger partial charge in [0.05, 0.1) is 56.2 Å². The molecule has 0 spiro atoms. The van der Waals surface area contributed by atoms with Gasteiger partial charge in [-0.15, -0.1) is 0 Å². The number of allylic oxidation sites excluding steroid dienone is 2. The Morgan fingerprint density at radius 2 is 2.04 bits per heavy atom. The first-order valence-electron chi connectivity index (χ1n) is 15.8. The summed E-state index contributed by atoms with van der Waals surface area (Å²) in [6.07, 6.45) is 13.8. The van der Waals surface area contributed by atoms with Gasteiger partial charge in [-0.3, -0.25) is 4.90 Å². The summed E-state index contributed by atoms with van der Waals surface area (Å²) in [5, 5.41) is 7.38. The number of rotatable bonds is 7. The van der Waals surface area contributed by atoms with Crippen molar-refractivity contribution < 1.29 is 23.8 Å². The molecule has 11 nitrogen and oxygen atoms in total. The number of fused-ring (bicyclic) bond motifs is 2. The van der Waals surface area contributed by atoms with Gasteiger partial charge in [0.25, 0.3) is 0 Å². The van der Waals surface area contributed by atoms with Crippen LogP contribution in [0.3, 0.4) is 0 Å². The van der Waals surface area contributed by atoms with Gasteiger partial charge in [0.15, 0.2) is 0 Å². The molecule has 5 aliphatic rings. The fourth-order valence-electron chi connectivity index (χ4n) is 6.65. The number of dihydropyridines is 1. The van der Waals surface area contributed by atoms with E-state index >= 15 is 0 Å². The van der Waals surface area contributed by atoms with Crippen LogP contribution < -0.4 is 10.6 Å². The number of ether oxygens (including phenoxy) is 3. The van der Waals surface area contributed by atoms with Gasteiger partial charge in [0.2, 0.25) is 0 Å². The molecular weight excluding hydrogens is 596 g/mol. The summed E-state index contributed by atoms with van der Waals surface area (Å²) in [7, 11) is 1.92. The number of alkyl carbamates (subject to hydrolysis) is 1. The summed E-state index contributed by atoms with van der Waals surface area (Å²) in [6, 6.07) is 5.31. The molecule has 45 heavy (non-hydrogen) atoms. The quantitative estimate of drug-likeness (QED) is 0.463. The Bertz CT molecular complexity index is 1520. The molecule has 2 aliphatic carbocycles. The molecule has 1 aromatic heterocycles. The van der Waals surface area contributed by atoms with Crippen molar-refractivity contribution in [1.29, 1.82) is 0 Å². The van der Waals surface area contributed by atoms with Crippen LogP contribution in [0, 0.1) is 5.92 Å².